The lowest BCUT2D eigenvalue weighted by molar-refractivity contribution is 0.0975. The summed E-state index contributed by atoms with van der Waals surface area (Å²) in [5.41, 5.74) is 5.76. The maximum absolute atomic E-state index is 13.4. The summed E-state index contributed by atoms with van der Waals surface area (Å²) >= 11 is 0. The first-order chi connectivity index (χ1) is 13.0. The molecule has 1 atom stereocenters. The molecule has 4 nitrogen and oxygen atoms in total. The first kappa shape index (κ1) is 17.2. The molecule has 0 saturated carbocycles. The lowest BCUT2D eigenvalue weighted by Gasteiger charge is -2.38. The van der Waals surface area contributed by atoms with E-state index >= 15 is 0 Å². The minimum absolute atomic E-state index is 0.0108. The van der Waals surface area contributed by atoms with Gasteiger partial charge in [0, 0.05) is 31.2 Å². The van der Waals surface area contributed by atoms with Crippen LogP contribution in [0, 0.1) is 6.92 Å². The highest BCUT2D eigenvalue weighted by Gasteiger charge is 2.33. The molecule has 136 valence electrons. The highest BCUT2D eigenvalue weighted by atomic mass is 16.2. The number of nitrogens with zero attached hydrogens (tertiary/aromatic N) is 2. The van der Waals surface area contributed by atoms with Crippen LogP contribution in [0.5, 0.6) is 0 Å². The maximum Gasteiger partial charge on any atom is 0.262 e. The second kappa shape index (κ2) is 6.80. The van der Waals surface area contributed by atoms with Gasteiger partial charge < -0.3 is 10.2 Å². The van der Waals surface area contributed by atoms with Gasteiger partial charge in [-0.25, -0.2) is 0 Å². The van der Waals surface area contributed by atoms with E-state index in [4.69, 9.17) is 0 Å². The molecule has 0 bridgehead atoms. The van der Waals surface area contributed by atoms with Gasteiger partial charge in [-0.05, 0) is 54.4 Å². The summed E-state index contributed by atoms with van der Waals surface area (Å²) in [7, 11) is 4.04. The van der Waals surface area contributed by atoms with Crippen LogP contribution in [0.25, 0.3) is 0 Å². The number of amides is 1. The van der Waals surface area contributed by atoms with E-state index < -0.39 is 0 Å². The summed E-state index contributed by atoms with van der Waals surface area (Å²) in [6.45, 7) is 2.04. The molecule has 1 unspecified atom stereocenters. The number of rotatable bonds is 3. The Morgan fingerprint density at radius 1 is 0.926 bits per heavy atom. The number of hydrogen-bond acceptors (Lipinski definition) is 3. The molecule has 1 aliphatic rings. The van der Waals surface area contributed by atoms with E-state index in [2.05, 4.69) is 40.5 Å². The van der Waals surface area contributed by atoms with Gasteiger partial charge in [-0.15, -0.1) is 0 Å². The van der Waals surface area contributed by atoms with E-state index in [1.807, 2.05) is 68.4 Å². The molecule has 0 spiro atoms. The molecule has 4 heteroatoms. The number of hydrogen-bond donors (Lipinski definition) is 1. The first-order valence-electron chi connectivity index (χ1n) is 9.08. The normalized spacial score (nSPS) is 15.9. The van der Waals surface area contributed by atoms with E-state index in [0.717, 1.165) is 28.2 Å². The summed E-state index contributed by atoms with van der Waals surface area (Å²) in [6.07, 6.45) is -0.259. The fraction of sp³-hybridized carbons (Fsp3) is 0.174. The predicted molar refractivity (Wildman–Crippen MR) is 112 cm³/mol. The average molecular weight is 357 g/mol. The molecule has 3 aromatic rings. The van der Waals surface area contributed by atoms with E-state index in [0.29, 0.717) is 5.56 Å². The highest BCUT2D eigenvalue weighted by molar-refractivity contribution is 6.12. The second-order valence-corrected chi connectivity index (χ2v) is 7.09. The molecule has 1 N–H and O–H groups in total. The Morgan fingerprint density at radius 3 is 2.37 bits per heavy atom. The lowest BCUT2D eigenvalue weighted by atomic mass is 10.0. The Kier molecular flexibility index (Phi) is 4.32. The number of anilines is 3. The van der Waals surface area contributed by atoms with Crippen molar-refractivity contribution in [3.05, 3.63) is 89.5 Å². The average Bonchev–Trinajstić information content (AvgIpc) is 2.68. The molecule has 1 heterocycles. The molecule has 0 fully saturated rings. The molecular formula is C23H23N3O. The van der Waals surface area contributed by atoms with Gasteiger partial charge in [-0.1, -0.05) is 36.4 Å². The third kappa shape index (κ3) is 3.14. The van der Waals surface area contributed by atoms with Crippen molar-refractivity contribution < 1.29 is 4.79 Å². The van der Waals surface area contributed by atoms with E-state index in [-0.39, 0.29) is 12.1 Å². The maximum atomic E-state index is 13.4. The number of carbonyl (C=O) groups excluding carboxylic acids is 1. The molecule has 1 aliphatic heterocycles. The Balaban J connectivity index is 1.82. The van der Waals surface area contributed by atoms with Crippen LogP contribution in [0.1, 0.15) is 27.7 Å². The van der Waals surface area contributed by atoms with Crippen molar-refractivity contribution in [2.24, 2.45) is 0 Å². The minimum atomic E-state index is -0.259. The Bertz CT molecular complexity index is 979. The van der Waals surface area contributed by atoms with Crippen molar-refractivity contribution in [2.75, 3.05) is 29.2 Å². The molecule has 3 aromatic carbocycles. The SMILES string of the molecule is Cc1cccc(N2C(=O)c3ccccc3NC2c2ccc(N(C)C)cc2)c1. The number of carbonyl (C=O) groups is 1. The fourth-order valence-electron chi connectivity index (χ4n) is 3.49. The second-order valence-electron chi connectivity index (χ2n) is 7.09. The molecule has 0 radical (unpaired) electrons. The zero-order chi connectivity index (χ0) is 19.0. The van der Waals surface area contributed by atoms with Crippen molar-refractivity contribution in [1.29, 1.82) is 0 Å². The smallest absolute Gasteiger partial charge is 0.262 e. The standard InChI is InChI=1S/C23H23N3O/c1-16-7-6-8-19(15-16)26-22(17-11-13-18(14-12-17)25(2)3)24-21-10-5-4-9-20(21)23(26)27/h4-15,22,24H,1-3H3. The van der Waals surface area contributed by atoms with E-state index in [1.54, 1.807) is 0 Å². The predicted octanol–water partition coefficient (Wildman–Crippen LogP) is 4.83. The van der Waals surface area contributed by atoms with Crippen LogP contribution in [-0.4, -0.2) is 20.0 Å². The summed E-state index contributed by atoms with van der Waals surface area (Å²) in [6, 6.07) is 24.1. The Labute approximate surface area is 160 Å². The summed E-state index contributed by atoms with van der Waals surface area (Å²) in [5, 5.41) is 3.55. The zero-order valence-electron chi connectivity index (χ0n) is 15.8. The summed E-state index contributed by atoms with van der Waals surface area (Å²) < 4.78 is 0. The number of para-hydroxylation sites is 1. The van der Waals surface area contributed by atoms with Gasteiger partial charge in [-0.2, -0.15) is 0 Å². The third-order valence-electron chi connectivity index (χ3n) is 4.93. The number of nitrogens with one attached hydrogen (secondary N) is 1. The highest BCUT2D eigenvalue weighted by Crippen LogP contribution is 2.37. The van der Waals surface area contributed by atoms with Gasteiger partial charge in [0.1, 0.15) is 6.17 Å². The van der Waals surface area contributed by atoms with Crippen LogP contribution in [0.3, 0.4) is 0 Å². The quantitative estimate of drug-likeness (QED) is 0.729. The number of benzene rings is 3. The van der Waals surface area contributed by atoms with Gasteiger partial charge in [-0.3, -0.25) is 9.69 Å². The van der Waals surface area contributed by atoms with E-state index in [1.165, 1.54) is 0 Å². The molecular weight excluding hydrogens is 334 g/mol. The summed E-state index contributed by atoms with van der Waals surface area (Å²) in [4.78, 5) is 17.3. The van der Waals surface area contributed by atoms with Gasteiger partial charge in [0.05, 0.1) is 5.56 Å². The Morgan fingerprint density at radius 2 is 1.67 bits per heavy atom. The van der Waals surface area contributed by atoms with Gasteiger partial charge in [0.15, 0.2) is 0 Å². The van der Waals surface area contributed by atoms with Crippen LogP contribution < -0.4 is 15.1 Å². The van der Waals surface area contributed by atoms with Gasteiger partial charge >= 0.3 is 0 Å². The minimum Gasteiger partial charge on any atom is -0.378 e. The number of aryl methyl sites for hydroxylation is 1. The van der Waals surface area contributed by atoms with Gasteiger partial charge in [0.25, 0.3) is 5.91 Å². The molecule has 4 rings (SSSR count). The van der Waals surface area contributed by atoms with E-state index in [9.17, 15) is 4.79 Å². The molecule has 1 amide bonds. The molecule has 0 aromatic heterocycles. The van der Waals surface area contributed by atoms with Crippen LogP contribution >= 0.6 is 0 Å². The topological polar surface area (TPSA) is 35.6 Å². The van der Waals surface area contributed by atoms with Crippen LogP contribution in [0.2, 0.25) is 0 Å². The van der Waals surface area contributed by atoms with Crippen LogP contribution in [-0.2, 0) is 0 Å². The van der Waals surface area contributed by atoms with Crippen molar-refractivity contribution >= 4 is 23.0 Å². The van der Waals surface area contributed by atoms with Crippen molar-refractivity contribution in [2.45, 2.75) is 13.1 Å². The molecule has 0 saturated heterocycles. The van der Waals surface area contributed by atoms with Crippen LogP contribution in [0.4, 0.5) is 17.1 Å². The van der Waals surface area contributed by atoms with Gasteiger partial charge in [0.2, 0.25) is 0 Å². The first-order valence-corrected chi connectivity index (χ1v) is 9.08. The molecule has 0 aliphatic carbocycles. The fourth-order valence-corrected chi connectivity index (χ4v) is 3.49. The summed E-state index contributed by atoms with van der Waals surface area (Å²) in [5.74, 6) is 0.0108. The third-order valence-corrected chi connectivity index (χ3v) is 4.93. The van der Waals surface area contributed by atoms with Crippen LogP contribution in [0.15, 0.2) is 72.8 Å². The van der Waals surface area contributed by atoms with Crippen molar-refractivity contribution in [3.63, 3.8) is 0 Å². The van der Waals surface area contributed by atoms with Crippen molar-refractivity contribution in [1.82, 2.24) is 0 Å². The molecule has 27 heavy (non-hydrogen) atoms. The largest absolute Gasteiger partial charge is 0.378 e. The zero-order valence-corrected chi connectivity index (χ0v) is 15.8. The lowest BCUT2D eigenvalue weighted by Crippen LogP contribution is -2.43. The van der Waals surface area contributed by atoms with Crippen molar-refractivity contribution in [3.8, 4) is 0 Å². The Hall–Kier alpha value is -3.27. The monoisotopic (exact) mass is 357 g/mol. The number of fused-ring (bicyclic) bond motifs is 1.